The third kappa shape index (κ3) is 12.3. The van der Waals surface area contributed by atoms with Gasteiger partial charge in [0, 0.05) is 29.7 Å². The lowest BCUT2D eigenvalue weighted by atomic mass is 10.1. The molecule has 2 aromatic carbocycles. The number of nitrogens with zero attached hydrogens (tertiary/aromatic N) is 7. The lowest BCUT2D eigenvalue weighted by molar-refractivity contribution is 0.443. The molecule has 6 aromatic rings. The van der Waals surface area contributed by atoms with Crippen molar-refractivity contribution in [2.24, 2.45) is 20.6 Å². The molecular formula is C46H51IN10O12S6. The third-order valence-electron chi connectivity index (χ3n) is 11.8. The molecule has 0 unspecified atom stereocenters. The van der Waals surface area contributed by atoms with Gasteiger partial charge in [-0.2, -0.15) is 27.0 Å². The fourth-order valence-corrected chi connectivity index (χ4v) is 15.0. The van der Waals surface area contributed by atoms with Crippen molar-refractivity contribution in [3.8, 4) is 32.6 Å². The number of sulfonamides is 4. The van der Waals surface area contributed by atoms with Gasteiger partial charge >= 0.3 is 0 Å². The minimum absolute atomic E-state index is 0.00559. The fraction of sp³-hybridized carbons (Fsp3) is 0.348. The van der Waals surface area contributed by atoms with E-state index in [1.54, 1.807) is 35.7 Å². The molecule has 0 spiro atoms. The summed E-state index contributed by atoms with van der Waals surface area (Å²) in [5.74, 6) is -0.494. The van der Waals surface area contributed by atoms with E-state index in [1.165, 1.54) is 60.6 Å². The fourth-order valence-electron chi connectivity index (χ4n) is 7.92. The number of fused-ring (bicyclic) bond motifs is 2. The van der Waals surface area contributed by atoms with Crippen molar-refractivity contribution in [2.45, 2.75) is 76.3 Å². The first-order valence-electron chi connectivity index (χ1n) is 23.3. The van der Waals surface area contributed by atoms with Crippen LogP contribution in [0.1, 0.15) is 64.5 Å². The predicted molar refractivity (Wildman–Crippen MR) is 298 cm³/mol. The van der Waals surface area contributed by atoms with Crippen LogP contribution in [-0.4, -0.2) is 99.7 Å². The Labute approximate surface area is 454 Å². The van der Waals surface area contributed by atoms with E-state index in [4.69, 9.17) is 0 Å². The van der Waals surface area contributed by atoms with Crippen LogP contribution in [-0.2, 0) is 53.2 Å². The van der Waals surface area contributed by atoms with Crippen LogP contribution in [0, 0.1) is 15.4 Å². The van der Waals surface area contributed by atoms with Gasteiger partial charge in [-0.1, -0.05) is 39.8 Å². The maximum atomic E-state index is 13.4. The Morgan fingerprint density at radius 2 is 1.16 bits per heavy atom. The molecule has 0 saturated carbocycles. The summed E-state index contributed by atoms with van der Waals surface area (Å²) < 4.78 is 112. The molecule has 22 nitrogen and oxygen atoms in total. The lowest BCUT2D eigenvalue weighted by Crippen LogP contribution is -2.34. The van der Waals surface area contributed by atoms with Gasteiger partial charge in [0.25, 0.3) is 31.2 Å². The number of hydrogen-bond donors (Lipinski definition) is 5. The average Bonchev–Trinajstić information content (AvgIpc) is 4.19. The van der Waals surface area contributed by atoms with E-state index in [0.29, 0.717) is 59.5 Å². The summed E-state index contributed by atoms with van der Waals surface area (Å²) in [6, 6.07) is 16.1. The van der Waals surface area contributed by atoms with Crippen LogP contribution in [0.5, 0.6) is 11.5 Å². The monoisotopic (exact) mass is 1250 g/mol. The molecule has 4 aliphatic heterocycles. The van der Waals surface area contributed by atoms with Gasteiger partial charge in [-0.05, 0) is 119 Å². The van der Waals surface area contributed by atoms with Gasteiger partial charge in [-0.15, -0.1) is 31.5 Å². The number of hydrogen-bond acceptors (Lipinski definition) is 18. The molecule has 0 aliphatic carbocycles. The highest BCUT2D eigenvalue weighted by Crippen LogP contribution is 2.38. The molecule has 0 amide bonds. The maximum Gasteiger partial charge on any atom is 0.286 e. The van der Waals surface area contributed by atoms with Crippen LogP contribution in [0.15, 0.2) is 99.6 Å². The number of amidine groups is 2. The number of thiophene rings is 2. The Balaban J connectivity index is 0.000000178. The highest BCUT2D eigenvalue weighted by Gasteiger charge is 2.35. The van der Waals surface area contributed by atoms with E-state index in [0.717, 1.165) is 9.99 Å². The highest BCUT2D eigenvalue weighted by molar-refractivity contribution is 14.1. The summed E-state index contributed by atoms with van der Waals surface area (Å²) in [7, 11) is -14.7. The largest absolute Gasteiger partial charge is 0.505 e. The van der Waals surface area contributed by atoms with E-state index in [1.807, 2.05) is 61.7 Å². The van der Waals surface area contributed by atoms with Gasteiger partial charge in [0.15, 0.2) is 23.2 Å². The second kappa shape index (κ2) is 22.2. The number of rotatable bonds is 11. The van der Waals surface area contributed by atoms with Crippen molar-refractivity contribution in [1.82, 2.24) is 24.3 Å². The second-order valence-electron chi connectivity index (χ2n) is 18.2. The molecule has 29 heteroatoms. The number of anilines is 3. The molecule has 0 radical (unpaired) electrons. The third-order valence-corrected chi connectivity index (χ3v) is 20.2. The summed E-state index contributed by atoms with van der Waals surface area (Å²) in [5, 5.41) is 40.2. The molecule has 4 aromatic heterocycles. The molecule has 400 valence electrons. The Kier molecular flexibility index (Phi) is 16.5. The highest BCUT2D eigenvalue weighted by atomic mass is 127. The molecule has 0 atom stereocenters. The van der Waals surface area contributed by atoms with Crippen LogP contribution in [0.25, 0.3) is 21.1 Å². The van der Waals surface area contributed by atoms with E-state index in [9.17, 15) is 53.5 Å². The summed E-state index contributed by atoms with van der Waals surface area (Å²) >= 11 is 4.69. The minimum atomic E-state index is -4.34. The molecular weight excluding hydrogens is 1200 g/mol. The smallest absolute Gasteiger partial charge is 0.286 e. The number of aromatic hydroxyl groups is 2. The average molecular weight is 1260 g/mol. The van der Waals surface area contributed by atoms with Crippen molar-refractivity contribution in [1.29, 1.82) is 0 Å². The molecule has 4 aliphatic rings. The molecule has 75 heavy (non-hydrogen) atoms. The number of aromatic nitrogens is 4. The molecule has 0 bridgehead atoms. The first kappa shape index (κ1) is 55.7. The Bertz CT molecular complexity index is 3810. The Morgan fingerprint density at radius 1 is 0.667 bits per heavy atom. The lowest BCUT2D eigenvalue weighted by Gasteiger charge is -2.23. The number of benzene rings is 2. The number of aryl methyl sites for hydroxylation is 2. The zero-order chi connectivity index (χ0) is 54.2. The van der Waals surface area contributed by atoms with Crippen molar-refractivity contribution in [3.63, 3.8) is 0 Å². The molecule has 5 N–H and O–H groups in total. The van der Waals surface area contributed by atoms with E-state index in [-0.39, 0.29) is 80.1 Å². The van der Waals surface area contributed by atoms with Crippen LogP contribution in [0.2, 0.25) is 0 Å². The van der Waals surface area contributed by atoms with Gasteiger partial charge < -0.3 is 20.8 Å². The van der Waals surface area contributed by atoms with Gasteiger partial charge in [-0.25, -0.2) is 30.9 Å². The van der Waals surface area contributed by atoms with Crippen LogP contribution < -0.4 is 30.8 Å². The van der Waals surface area contributed by atoms with Gasteiger partial charge in [0.1, 0.15) is 32.3 Å². The topological polar surface area (TPSA) is 311 Å². The quantitative estimate of drug-likeness (QED) is 0.0926. The summed E-state index contributed by atoms with van der Waals surface area (Å²) in [4.78, 5) is 27.7. The predicted octanol–water partition coefficient (Wildman–Crippen LogP) is 6.02. The molecule has 2 saturated heterocycles. The van der Waals surface area contributed by atoms with Crippen molar-refractivity contribution in [2.75, 3.05) is 39.5 Å². The number of halogens is 1. The SMILES string of the molecule is CC(C)CCn1nc(-c2cccs2)c(O)c(C2=NS(=O)(=O)c3cc(I)ccc3N2)c1=O.CC(C)CCn1nc(-c2cccs2)c(O)c(C2=NS(=O)(=O)c3cc(N4CCCS4(=O)=O)ccc3N2)c1=O.O=S1(=O)CCCN1. The van der Waals surface area contributed by atoms with E-state index >= 15 is 0 Å². The van der Waals surface area contributed by atoms with Crippen LogP contribution in [0.4, 0.5) is 17.1 Å². The summed E-state index contributed by atoms with van der Waals surface area (Å²) in [6.07, 6.45) is 2.55. The Hall–Kier alpha value is -5.57. The molecule has 10 rings (SSSR count). The standard InChI is InChI=1S/C23H25N5O6S3.C20H19IN4O4S2.C3H7NO2S/c1-14(2)8-10-27-23(30)19(21(29)20(25-27)17-5-3-11-35-17)22-24-16-7-6-15(13-18(16)37(33,34)26-22)28-9-4-12-36(28,31)32;1-11(2)7-8-25-20(27)16(18(26)17(23-25)14-4-3-9-30-14)19-22-13-6-5-12(21)10-15(13)31(28,29)24-19;5-7(6)3-1-2-4-7/h3,5-7,11,13-14,29H,4,8-10,12H2,1-2H3,(H,24,26);3-6,9-11,26H,7-8H2,1-2H3,(H,22,24);4H,1-3H2. The zero-order valence-corrected chi connectivity index (χ0v) is 47.6. The molecule has 2 fully saturated rings. The van der Waals surface area contributed by atoms with Crippen molar-refractivity contribution in [3.05, 3.63) is 107 Å². The molecule has 8 heterocycles. The zero-order valence-electron chi connectivity index (χ0n) is 40.6. The minimum Gasteiger partial charge on any atom is -0.505 e. The van der Waals surface area contributed by atoms with Crippen LogP contribution >= 0.6 is 45.3 Å². The van der Waals surface area contributed by atoms with Gasteiger partial charge in [-0.3, -0.25) is 13.9 Å². The van der Waals surface area contributed by atoms with E-state index in [2.05, 4.69) is 34.3 Å². The van der Waals surface area contributed by atoms with Gasteiger partial charge in [0.05, 0.1) is 38.3 Å². The normalized spacial score (nSPS) is 17.6. The summed E-state index contributed by atoms with van der Waals surface area (Å²) in [6.45, 7) is 9.56. The van der Waals surface area contributed by atoms with Crippen molar-refractivity contribution < 1.29 is 43.9 Å². The first-order chi connectivity index (χ1) is 35.4. The second-order valence-corrected chi connectivity index (χ2v) is 28.5. The van der Waals surface area contributed by atoms with Crippen molar-refractivity contribution >= 4 is 114 Å². The number of nitrogens with one attached hydrogen (secondary N) is 3. The van der Waals surface area contributed by atoms with Crippen LogP contribution in [0.3, 0.4) is 0 Å². The van der Waals surface area contributed by atoms with E-state index < -0.39 is 62.7 Å². The first-order valence-corrected chi connectivity index (χ1v) is 32.3. The van der Waals surface area contributed by atoms with Gasteiger partial charge in [0.2, 0.25) is 20.0 Å². The summed E-state index contributed by atoms with van der Waals surface area (Å²) in [5.41, 5.74) is -0.795. The Morgan fingerprint density at radius 3 is 1.56 bits per heavy atom. The maximum absolute atomic E-state index is 13.4.